The van der Waals surface area contributed by atoms with Gasteiger partial charge < -0.3 is 9.64 Å². The van der Waals surface area contributed by atoms with Crippen LogP contribution < -0.4 is 0 Å². The first kappa shape index (κ1) is 14.7. The molecule has 1 unspecified atom stereocenters. The van der Waals surface area contributed by atoms with E-state index in [9.17, 15) is 9.59 Å². The Hall–Kier alpha value is -0.710. The molecule has 0 aromatic heterocycles. The summed E-state index contributed by atoms with van der Waals surface area (Å²) in [6.07, 6.45) is 7.09. The first-order valence-electron chi connectivity index (χ1n) is 7.14. The lowest BCUT2D eigenvalue weighted by molar-refractivity contribution is -0.139. The smallest absolute Gasteiger partial charge is 0.318 e. The van der Waals surface area contributed by atoms with E-state index in [1.807, 2.05) is 0 Å². The highest BCUT2D eigenvalue weighted by molar-refractivity contribution is 8.01. The Balaban J connectivity index is 1.84. The number of amides is 1. The lowest BCUT2D eigenvalue weighted by Crippen LogP contribution is -2.42. The van der Waals surface area contributed by atoms with Crippen LogP contribution in [0.15, 0.2) is 0 Å². The van der Waals surface area contributed by atoms with E-state index in [0.29, 0.717) is 17.8 Å². The van der Waals surface area contributed by atoms with Crippen LogP contribution in [0.2, 0.25) is 0 Å². The Morgan fingerprint density at radius 1 is 1.21 bits per heavy atom. The van der Waals surface area contributed by atoms with Gasteiger partial charge in [-0.2, -0.15) is 0 Å². The number of esters is 1. The Morgan fingerprint density at radius 3 is 2.32 bits per heavy atom. The van der Waals surface area contributed by atoms with Crippen molar-refractivity contribution in [2.24, 2.45) is 0 Å². The molecule has 0 aromatic rings. The third kappa shape index (κ3) is 3.88. The monoisotopic (exact) mass is 285 g/mol. The van der Waals surface area contributed by atoms with E-state index in [4.69, 9.17) is 0 Å². The van der Waals surface area contributed by atoms with Crippen molar-refractivity contribution in [1.29, 1.82) is 0 Å². The molecular formula is C14H23NO3S. The molecule has 0 heterocycles. The predicted octanol–water partition coefficient (Wildman–Crippen LogP) is 2.21. The highest BCUT2D eigenvalue weighted by Gasteiger charge is 2.38. The maximum absolute atomic E-state index is 12.4. The van der Waals surface area contributed by atoms with Gasteiger partial charge in [0.05, 0.1) is 12.9 Å². The molecule has 0 aromatic carbocycles. The molecule has 0 aliphatic heterocycles. The van der Waals surface area contributed by atoms with Crippen LogP contribution in [0.1, 0.15) is 45.4 Å². The van der Waals surface area contributed by atoms with Crippen molar-refractivity contribution < 1.29 is 14.3 Å². The topological polar surface area (TPSA) is 46.6 Å². The van der Waals surface area contributed by atoms with Gasteiger partial charge in [0.1, 0.15) is 5.25 Å². The summed E-state index contributed by atoms with van der Waals surface area (Å²) in [7, 11) is 1.39. The van der Waals surface area contributed by atoms with Gasteiger partial charge >= 0.3 is 5.97 Å². The van der Waals surface area contributed by atoms with Crippen LogP contribution in [0.25, 0.3) is 0 Å². The summed E-state index contributed by atoms with van der Waals surface area (Å²) in [6, 6.07) is 0.929. The van der Waals surface area contributed by atoms with E-state index in [0.717, 1.165) is 25.7 Å². The number of carbonyl (C=O) groups excluding carboxylic acids is 2. The number of rotatable bonds is 6. The average molecular weight is 285 g/mol. The molecule has 5 heteroatoms. The van der Waals surface area contributed by atoms with Crippen LogP contribution in [0, 0.1) is 0 Å². The fourth-order valence-corrected chi connectivity index (χ4v) is 3.52. The first-order valence-corrected chi connectivity index (χ1v) is 8.19. The Bertz CT molecular complexity index is 338. The summed E-state index contributed by atoms with van der Waals surface area (Å²) in [5, 5.41) is -0.265. The zero-order valence-corrected chi connectivity index (χ0v) is 12.6. The largest absolute Gasteiger partial charge is 0.468 e. The van der Waals surface area contributed by atoms with Gasteiger partial charge in [-0.05, 0) is 32.6 Å². The van der Waals surface area contributed by atoms with Gasteiger partial charge in [-0.15, -0.1) is 11.8 Å². The number of thioether (sulfide) groups is 1. The van der Waals surface area contributed by atoms with Gasteiger partial charge in [-0.1, -0.05) is 12.8 Å². The molecule has 1 atom stereocenters. The van der Waals surface area contributed by atoms with Crippen molar-refractivity contribution in [2.75, 3.05) is 12.9 Å². The van der Waals surface area contributed by atoms with Crippen LogP contribution in [-0.2, 0) is 14.3 Å². The number of methoxy groups -OCH3 is 1. The van der Waals surface area contributed by atoms with E-state index in [2.05, 4.69) is 9.64 Å². The van der Waals surface area contributed by atoms with Crippen molar-refractivity contribution >= 4 is 23.6 Å². The van der Waals surface area contributed by atoms with Gasteiger partial charge in [0.15, 0.2) is 0 Å². The maximum Gasteiger partial charge on any atom is 0.318 e. The highest BCUT2D eigenvalue weighted by Crippen LogP contribution is 2.35. The van der Waals surface area contributed by atoms with Crippen LogP contribution in [-0.4, -0.2) is 47.0 Å². The van der Waals surface area contributed by atoms with Gasteiger partial charge in [0, 0.05) is 12.1 Å². The van der Waals surface area contributed by atoms with E-state index < -0.39 is 0 Å². The molecule has 0 radical (unpaired) electrons. The molecule has 0 bridgehead atoms. The molecular weight excluding hydrogens is 262 g/mol. The number of carbonyl (C=O) groups is 2. The summed E-state index contributed by atoms with van der Waals surface area (Å²) in [5.74, 6) is 0.343. The lowest BCUT2D eigenvalue weighted by atomic mass is 10.2. The minimum Gasteiger partial charge on any atom is -0.468 e. The van der Waals surface area contributed by atoms with Crippen LogP contribution in [0.4, 0.5) is 0 Å². The molecule has 0 spiro atoms. The third-order valence-electron chi connectivity index (χ3n) is 3.94. The molecule has 19 heavy (non-hydrogen) atoms. The van der Waals surface area contributed by atoms with Crippen LogP contribution >= 0.6 is 11.8 Å². The summed E-state index contributed by atoms with van der Waals surface area (Å²) >= 11 is 1.38. The Morgan fingerprint density at radius 2 is 1.79 bits per heavy atom. The molecule has 2 saturated carbocycles. The third-order valence-corrected chi connectivity index (χ3v) is 5.04. The molecule has 2 rings (SSSR count). The van der Waals surface area contributed by atoms with Gasteiger partial charge in [0.2, 0.25) is 5.91 Å². The number of hydrogen-bond acceptors (Lipinski definition) is 4. The fraction of sp³-hybridized carbons (Fsp3) is 0.857. The normalized spacial score (nSPS) is 21.2. The Kier molecular flexibility index (Phi) is 5.13. The van der Waals surface area contributed by atoms with Gasteiger partial charge in [0.25, 0.3) is 0 Å². The van der Waals surface area contributed by atoms with Crippen LogP contribution in [0.3, 0.4) is 0 Å². The van der Waals surface area contributed by atoms with Crippen molar-refractivity contribution in [1.82, 2.24) is 4.90 Å². The SMILES string of the molecule is COC(=O)C(C)SCC(=O)N(C1CCCC1)C1CC1. The zero-order chi connectivity index (χ0) is 13.8. The summed E-state index contributed by atoms with van der Waals surface area (Å²) in [6.45, 7) is 1.79. The standard InChI is InChI=1S/C14H23NO3S/c1-10(14(17)18-2)19-9-13(16)15(12-7-8-12)11-5-3-4-6-11/h10-12H,3-9H2,1-2H3. The maximum atomic E-state index is 12.4. The highest BCUT2D eigenvalue weighted by atomic mass is 32.2. The van der Waals surface area contributed by atoms with E-state index in [-0.39, 0.29) is 17.1 Å². The summed E-state index contributed by atoms with van der Waals surface area (Å²) in [5.41, 5.74) is 0. The summed E-state index contributed by atoms with van der Waals surface area (Å²) < 4.78 is 4.68. The second-order valence-corrected chi connectivity index (χ2v) is 6.78. The molecule has 0 saturated heterocycles. The fourth-order valence-electron chi connectivity index (χ4n) is 2.75. The minimum absolute atomic E-state index is 0.204. The van der Waals surface area contributed by atoms with Crippen molar-refractivity contribution in [2.45, 2.75) is 62.8 Å². The second kappa shape index (κ2) is 6.64. The van der Waals surface area contributed by atoms with E-state index in [1.54, 1.807) is 6.92 Å². The average Bonchev–Trinajstić information content (AvgIpc) is 3.09. The molecule has 108 valence electrons. The van der Waals surface area contributed by atoms with Crippen molar-refractivity contribution in [3.63, 3.8) is 0 Å². The number of nitrogens with zero attached hydrogens (tertiary/aromatic N) is 1. The predicted molar refractivity (Wildman–Crippen MR) is 76.1 cm³/mol. The molecule has 0 N–H and O–H groups in total. The first-order chi connectivity index (χ1) is 9.13. The van der Waals surface area contributed by atoms with Gasteiger partial charge in [-0.25, -0.2) is 0 Å². The van der Waals surface area contributed by atoms with E-state index in [1.165, 1.54) is 31.7 Å². The Labute approximate surface area is 119 Å². The van der Waals surface area contributed by atoms with Crippen molar-refractivity contribution in [3.8, 4) is 0 Å². The molecule has 1 amide bonds. The van der Waals surface area contributed by atoms with Gasteiger partial charge in [-0.3, -0.25) is 9.59 Å². The molecule has 2 aliphatic carbocycles. The molecule has 4 nitrogen and oxygen atoms in total. The molecule has 2 aliphatic rings. The summed E-state index contributed by atoms with van der Waals surface area (Å²) in [4.78, 5) is 25.8. The minimum atomic E-state index is -0.265. The zero-order valence-electron chi connectivity index (χ0n) is 11.8. The van der Waals surface area contributed by atoms with E-state index >= 15 is 0 Å². The van der Waals surface area contributed by atoms with Crippen LogP contribution in [0.5, 0.6) is 0 Å². The second-order valence-electron chi connectivity index (χ2n) is 5.45. The number of hydrogen-bond donors (Lipinski definition) is 0. The lowest BCUT2D eigenvalue weighted by Gasteiger charge is -2.29. The van der Waals surface area contributed by atoms with Crippen molar-refractivity contribution in [3.05, 3.63) is 0 Å². The number of ether oxygens (including phenoxy) is 1. The quantitative estimate of drug-likeness (QED) is 0.702. The molecule has 2 fully saturated rings.